The molecule has 6 atom stereocenters. The molecule has 0 bridgehead atoms. The Morgan fingerprint density at radius 3 is 2.66 bits per heavy atom. The van der Waals surface area contributed by atoms with Gasteiger partial charge in [0.2, 0.25) is 12.5 Å². The summed E-state index contributed by atoms with van der Waals surface area (Å²) in [5.41, 5.74) is 1.45. The number of phenols is 1. The minimum Gasteiger partial charge on any atom is -0.504 e. The van der Waals surface area contributed by atoms with Crippen LogP contribution in [0.5, 0.6) is 17.2 Å². The number of hydrogen-bond donors (Lipinski definition) is 6. The van der Waals surface area contributed by atoms with Gasteiger partial charge in [-0.3, -0.25) is 14.5 Å². The van der Waals surface area contributed by atoms with E-state index in [2.05, 4.69) is 15.5 Å². The Kier molecular flexibility index (Phi) is 6.36. The number of carbonyl (C=O) groups excluding carboxylic acids is 2. The van der Waals surface area contributed by atoms with E-state index in [1.54, 1.807) is 18.2 Å². The van der Waals surface area contributed by atoms with Crippen molar-refractivity contribution in [2.75, 3.05) is 33.1 Å². The van der Waals surface area contributed by atoms with Crippen LogP contribution in [0.2, 0.25) is 0 Å². The van der Waals surface area contributed by atoms with Gasteiger partial charge in [0.15, 0.2) is 11.5 Å². The van der Waals surface area contributed by atoms with Gasteiger partial charge in [-0.2, -0.15) is 0 Å². The summed E-state index contributed by atoms with van der Waals surface area (Å²) in [5.74, 6) is -2.28. The molecule has 1 aliphatic carbocycles. The van der Waals surface area contributed by atoms with Crippen LogP contribution in [0, 0.1) is 0 Å². The summed E-state index contributed by atoms with van der Waals surface area (Å²) in [6.07, 6.45) is -4.73. The van der Waals surface area contributed by atoms with Crippen molar-refractivity contribution in [3.63, 3.8) is 0 Å². The molecule has 202 valence electrons. The van der Waals surface area contributed by atoms with E-state index in [1.165, 1.54) is 6.07 Å². The molecule has 12 heteroatoms. The summed E-state index contributed by atoms with van der Waals surface area (Å²) in [5, 5.41) is 48.5. The van der Waals surface area contributed by atoms with Crippen molar-refractivity contribution in [2.24, 2.45) is 0 Å². The van der Waals surface area contributed by atoms with Crippen molar-refractivity contribution in [2.45, 2.75) is 42.9 Å². The number of nitrogens with zero attached hydrogens (tertiary/aromatic N) is 1. The lowest BCUT2D eigenvalue weighted by Crippen LogP contribution is -2.69. The lowest BCUT2D eigenvalue weighted by Gasteiger charge is -2.49. The molecule has 1 saturated heterocycles. The number of fused-ring (bicyclic) bond motifs is 4. The number of ether oxygens (including phenoxy) is 3. The summed E-state index contributed by atoms with van der Waals surface area (Å²) in [6, 6.07) is 6.46. The van der Waals surface area contributed by atoms with Gasteiger partial charge in [-0.25, -0.2) is 0 Å². The second-order valence-corrected chi connectivity index (χ2v) is 10.0. The molecule has 6 rings (SSSR count). The van der Waals surface area contributed by atoms with Crippen molar-refractivity contribution in [1.82, 2.24) is 15.5 Å². The largest absolute Gasteiger partial charge is 0.504 e. The Morgan fingerprint density at radius 2 is 1.87 bits per heavy atom. The van der Waals surface area contributed by atoms with E-state index in [9.17, 15) is 30.0 Å². The Labute approximate surface area is 217 Å². The van der Waals surface area contributed by atoms with Crippen LogP contribution in [0.1, 0.15) is 37.8 Å². The van der Waals surface area contributed by atoms with Gasteiger partial charge in [-0.1, -0.05) is 12.1 Å². The minimum absolute atomic E-state index is 0.0203. The number of carbonyl (C=O) groups is 2. The number of benzene rings is 2. The maximum absolute atomic E-state index is 13.4. The highest BCUT2D eigenvalue weighted by Crippen LogP contribution is 2.50. The molecule has 0 spiro atoms. The van der Waals surface area contributed by atoms with Crippen LogP contribution in [0.25, 0.3) is 0 Å². The lowest BCUT2D eigenvalue weighted by atomic mass is 9.68. The minimum atomic E-state index is -1.64. The molecule has 0 unspecified atom stereocenters. The molecule has 2 aromatic carbocycles. The van der Waals surface area contributed by atoms with Crippen molar-refractivity contribution in [1.29, 1.82) is 0 Å². The zero-order chi connectivity index (χ0) is 26.6. The van der Waals surface area contributed by atoms with Crippen LogP contribution in [0.3, 0.4) is 0 Å². The average molecular weight is 528 g/mol. The third-order valence-electron chi connectivity index (χ3n) is 7.76. The summed E-state index contributed by atoms with van der Waals surface area (Å²) >= 11 is 0. The van der Waals surface area contributed by atoms with E-state index < -0.39 is 53.9 Å². The molecule has 4 aliphatic rings. The van der Waals surface area contributed by atoms with Crippen LogP contribution >= 0.6 is 0 Å². The molecule has 0 aromatic heterocycles. The summed E-state index contributed by atoms with van der Waals surface area (Å²) < 4.78 is 16.1. The predicted molar refractivity (Wildman–Crippen MR) is 130 cm³/mol. The molecule has 6 N–H and O–H groups in total. The van der Waals surface area contributed by atoms with Crippen LogP contribution in [-0.2, 0) is 11.3 Å². The van der Waals surface area contributed by atoms with Crippen LogP contribution in [0.15, 0.2) is 30.3 Å². The first-order chi connectivity index (χ1) is 18.3. The fourth-order valence-corrected chi connectivity index (χ4v) is 5.84. The SMILES string of the molecule is O=C(N[C@H]1[C@H](O)[C@@H](O)[C@@H](O)[C@@H]2NC(=O)c3c(cc4c(c3O)OCO4)[C@@H]12)c1cccc(CN2CCOCC2)c1. The Hall–Kier alpha value is -3.42. The quantitative estimate of drug-likeness (QED) is 0.291. The van der Waals surface area contributed by atoms with E-state index in [0.29, 0.717) is 25.3 Å². The number of hydrogen-bond acceptors (Lipinski definition) is 10. The topological polar surface area (TPSA) is 170 Å². The molecule has 3 aliphatic heterocycles. The van der Waals surface area contributed by atoms with Crippen LogP contribution < -0.4 is 20.1 Å². The maximum atomic E-state index is 13.4. The molecular weight excluding hydrogens is 498 g/mol. The molecule has 12 nitrogen and oxygen atoms in total. The standard InChI is InChI=1S/C26H29N3O9/c30-20-17-14(9-15-24(20)38-11-37-15)16-18(21(31)23(33)22(32)19(16)28-26(17)35)27-25(34)13-3-1-2-12(8-13)10-29-4-6-36-7-5-29/h1-3,8-9,16,18-19,21-23,30-33H,4-7,10-11H2,(H,27,34)(H,28,35)/t16-,18+,19+,21-,22-,23+/m0/s1. The number of aliphatic hydroxyl groups excluding tert-OH is 3. The summed E-state index contributed by atoms with van der Waals surface area (Å²) in [6.45, 7) is 3.41. The van der Waals surface area contributed by atoms with Gasteiger partial charge in [0.05, 0.1) is 30.9 Å². The summed E-state index contributed by atoms with van der Waals surface area (Å²) in [4.78, 5) is 28.6. The molecule has 38 heavy (non-hydrogen) atoms. The van der Waals surface area contributed by atoms with E-state index in [4.69, 9.17) is 14.2 Å². The fourth-order valence-electron chi connectivity index (χ4n) is 5.84. The van der Waals surface area contributed by atoms with E-state index in [0.717, 1.165) is 18.7 Å². The fraction of sp³-hybridized carbons (Fsp3) is 0.462. The van der Waals surface area contributed by atoms with Crippen molar-refractivity contribution < 1.29 is 44.2 Å². The molecule has 1 saturated carbocycles. The molecule has 3 heterocycles. The monoisotopic (exact) mass is 527 g/mol. The second-order valence-electron chi connectivity index (χ2n) is 10.0. The number of aromatic hydroxyl groups is 1. The van der Waals surface area contributed by atoms with Gasteiger partial charge < -0.3 is 45.3 Å². The van der Waals surface area contributed by atoms with Crippen LogP contribution in [0.4, 0.5) is 0 Å². The van der Waals surface area contributed by atoms with Gasteiger partial charge in [-0.15, -0.1) is 0 Å². The first-order valence-electron chi connectivity index (χ1n) is 12.5. The van der Waals surface area contributed by atoms with E-state index in [1.807, 2.05) is 6.07 Å². The summed E-state index contributed by atoms with van der Waals surface area (Å²) in [7, 11) is 0. The zero-order valence-electron chi connectivity index (χ0n) is 20.4. The van der Waals surface area contributed by atoms with Crippen molar-refractivity contribution in [3.05, 3.63) is 52.6 Å². The molecule has 0 radical (unpaired) electrons. The van der Waals surface area contributed by atoms with Gasteiger partial charge >= 0.3 is 0 Å². The number of rotatable bonds is 4. The Balaban J connectivity index is 1.32. The molecular formula is C26H29N3O9. The van der Waals surface area contributed by atoms with Crippen molar-refractivity contribution >= 4 is 11.8 Å². The number of nitrogens with one attached hydrogen (secondary N) is 2. The number of aliphatic hydroxyl groups is 3. The second kappa shape index (κ2) is 9.71. The van der Waals surface area contributed by atoms with Gasteiger partial charge in [0.1, 0.15) is 18.3 Å². The van der Waals surface area contributed by atoms with E-state index >= 15 is 0 Å². The number of phenolic OH excluding ortho intramolecular Hbond substituents is 1. The van der Waals surface area contributed by atoms with Gasteiger partial charge in [0, 0.05) is 31.1 Å². The lowest BCUT2D eigenvalue weighted by molar-refractivity contribution is -0.117. The normalized spacial score (nSPS) is 30.2. The third kappa shape index (κ3) is 4.14. The van der Waals surface area contributed by atoms with Gasteiger partial charge in [0.25, 0.3) is 11.8 Å². The number of amides is 2. The van der Waals surface area contributed by atoms with E-state index in [-0.39, 0.29) is 29.4 Å². The number of morpholine rings is 1. The van der Waals surface area contributed by atoms with Crippen LogP contribution in [-0.4, -0.2) is 101 Å². The first-order valence-corrected chi connectivity index (χ1v) is 12.5. The highest BCUT2D eigenvalue weighted by Gasteiger charge is 2.54. The molecule has 2 fully saturated rings. The Morgan fingerprint density at radius 1 is 1.08 bits per heavy atom. The smallest absolute Gasteiger partial charge is 0.255 e. The molecule has 2 aromatic rings. The zero-order valence-corrected chi connectivity index (χ0v) is 20.4. The highest BCUT2D eigenvalue weighted by atomic mass is 16.7. The third-order valence-corrected chi connectivity index (χ3v) is 7.76. The highest BCUT2D eigenvalue weighted by molar-refractivity contribution is 6.02. The Bertz CT molecular complexity index is 1260. The predicted octanol–water partition coefficient (Wildman–Crippen LogP) is -0.956. The van der Waals surface area contributed by atoms with Crippen molar-refractivity contribution in [3.8, 4) is 17.2 Å². The maximum Gasteiger partial charge on any atom is 0.255 e. The average Bonchev–Trinajstić information content (AvgIpc) is 3.40. The van der Waals surface area contributed by atoms with Gasteiger partial charge in [-0.05, 0) is 29.3 Å². The molecule has 2 amide bonds. The first kappa shape index (κ1) is 24.9.